The molecule has 3 rings (SSSR count). The van der Waals surface area contributed by atoms with Crippen molar-refractivity contribution >= 4 is 27.9 Å². The van der Waals surface area contributed by atoms with E-state index in [1.165, 1.54) is 21.8 Å². The fraction of sp³-hybridized carbons (Fsp3) is 0.333. The monoisotopic (exact) mass is 371 g/mol. The zero-order valence-corrected chi connectivity index (χ0v) is 15.8. The fourth-order valence-corrected chi connectivity index (χ4v) is 3.82. The van der Waals surface area contributed by atoms with Crippen molar-refractivity contribution in [3.05, 3.63) is 57.2 Å². The topological polar surface area (TPSA) is 79.6 Å². The lowest BCUT2D eigenvalue weighted by molar-refractivity contribution is 0.0949. The molecule has 0 fully saturated rings. The van der Waals surface area contributed by atoms with E-state index in [4.69, 9.17) is 0 Å². The lowest BCUT2D eigenvalue weighted by Crippen LogP contribution is -2.29. The van der Waals surface area contributed by atoms with Gasteiger partial charge in [0.25, 0.3) is 11.5 Å². The summed E-state index contributed by atoms with van der Waals surface area (Å²) in [4.78, 5) is 37.1. The highest BCUT2D eigenvalue weighted by molar-refractivity contribution is 7.17. The van der Waals surface area contributed by atoms with Gasteiger partial charge < -0.3 is 10.2 Å². The van der Waals surface area contributed by atoms with Crippen LogP contribution in [-0.4, -0.2) is 33.4 Å². The molecule has 26 heavy (non-hydrogen) atoms. The van der Waals surface area contributed by atoms with Crippen molar-refractivity contribution < 1.29 is 4.79 Å². The van der Waals surface area contributed by atoms with E-state index in [0.29, 0.717) is 29.4 Å². The highest BCUT2D eigenvalue weighted by Crippen LogP contribution is 2.21. The summed E-state index contributed by atoms with van der Waals surface area (Å²) in [5.74, 6) is -0.251. The molecule has 7 nitrogen and oxygen atoms in total. The largest absolute Gasteiger partial charge is 0.365 e. The standard InChI is InChI=1S/C18H21N5O2S/c1-4-20-17(25)16-12(3)26-18-21-13(9-15(24)23(16)18)11-22(5-2)14-7-6-8-19-10-14/h6-10H,4-5,11H2,1-3H3,(H,20,25). The van der Waals surface area contributed by atoms with Gasteiger partial charge >= 0.3 is 0 Å². The molecule has 1 amide bonds. The molecule has 0 aromatic carbocycles. The van der Waals surface area contributed by atoms with Gasteiger partial charge in [-0.05, 0) is 32.9 Å². The number of nitrogens with zero attached hydrogens (tertiary/aromatic N) is 4. The first-order chi connectivity index (χ1) is 12.5. The summed E-state index contributed by atoms with van der Waals surface area (Å²) in [5, 5.41) is 2.75. The van der Waals surface area contributed by atoms with Crippen LogP contribution in [0.15, 0.2) is 35.4 Å². The number of carbonyl (C=O) groups is 1. The number of hydrogen-bond donors (Lipinski definition) is 1. The first kappa shape index (κ1) is 18.1. The summed E-state index contributed by atoms with van der Waals surface area (Å²) in [7, 11) is 0. The van der Waals surface area contributed by atoms with E-state index in [0.717, 1.165) is 17.1 Å². The number of fused-ring (bicyclic) bond motifs is 1. The Hall–Kier alpha value is -2.74. The van der Waals surface area contributed by atoms with Crippen LogP contribution in [0.25, 0.3) is 4.96 Å². The molecule has 0 radical (unpaired) electrons. The van der Waals surface area contributed by atoms with Gasteiger partial charge in [0, 0.05) is 30.2 Å². The van der Waals surface area contributed by atoms with E-state index in [1.54, 1.807) is 12.4 Å². The van der Waals surface area contributed by atoms with Crippen molar-refractivity contribution in [2.75, 3.05) is 18.0 Å². The minimum Gasteiger partial charge on any atom is -0.365 e. The van der Waals surface area contributed by atoms with Gasteiger partial charge in [-0.1, -0.05) is 0 Å². The van der Waals surface area contributed by atoms with Crippen molar-refractivity contribution in [2.24, 2.45) is 0 Å². The van der Waals surface area contributed by atoms with Gasteiger partial charge in [-0.3, -0.25) is 14.6 Å². The number of thiazole rings is 1. The molecule has 3 aromatic heterocycles. The molecule has 0 atom stereocenters. The average molecular weight is 371 g/mol. The Morgan fingerprint density at radius 3 is 2.85 bits per heavy atom. The molecule has 0 saturated heterocycles. The minimum absolute atomic E-state index is 0.238. The molecular weight excluding hydrogens is 350 g/mol. The number of amides is 1. The minimum atomic E-state index is -0.251. The van der Waals surface area contributed by atoms with Crippen LogP contribution < -0.4 is 15.8 Å². The van der Waals surface area contributed by atoms with Crippen LogP contribution in [0.2, 0.25) is 0 Å². The second kappa shape index (κ2) is 7.65. The van der Waals surface area contributed by atoms with Crippen molar-refractivity contribution in [1.82, 2.24) is 19.7 Å². The number of aryl methyl sites for hydroxylation is 1. The predicted octanol–water partition coefficient (Wildman–Crippen LogP) is 2.24. The lowest BCUT2D eigenvalue weighted by atomic mass is 10.3. The maximum absolute atomic E-state index is 12.7. The molecule has 136 valence electrons. The van der Waals surface area contributed by atoms with Gasteiger partial charge in [-0.25, -0.2) is 9.38 Å². The van der Waals surface area contributed by atoms with E-state index < -0.39 is 0 Å². The molecule has 0 saturated carbocycles. The highest BCUT2D eigenvalue weighted by atomic mass is 32.1. The summed E-state index contributed by atoms with van der Waals surface area (Å²) in [6.45, 7) is 7.49. The Labute approximate surface area is 155 Å². The molecule has 0 aliphatic rings. The van der Waals surface area contributed by atoms with Crippen LogP contribution in [0.3, 0.4) is 0 Å². The number of carbonyl (C=O) groups excluding carboxylic acids is 1. The van der Waals surface area contributed by atoms with Crippen LogP contribution >= 0.6 is 11.3 Å². The Morgan fingerprint density at radius 2 is 2.19 bits per heavy atom. The third kappa shape index (κ3) is 3.45. The quantitative estimate of drug-likeness (QED) is 0.719. The number of anilines is 1. The summed E-state index contributed by atoms with van der Waals surface area (Å²) < 4.78 is 1.40. The van der Waals surface area contributed by atoms with E-state index in [-0.39, 0.29) is 11.5 Å². The lowest BCUT2D eigenvalue weighted by Gasteiger charge is -2.22. The number of nitrogens with one attached hydrogen (secondary N) is 1. The Bertz CT molecular complexity index is 980. The van der Waals surface area contributed by atoms with Gasteiger partial charge in [-0.2, -0.15) is 0 Å². The SMILES string of the molecule is CCNC(=O)c1c(C)sc2nc(CN(CC)c3cccnc3)cc(=O)n12. The fourth-order valence-electron chi connectivity index (χ4n) is 2.83. The van der Waals surface area contributed by atoms with Gasteiger partial charge in [0.1, 0.15) is 5.69 Å². The van der Waals surface area contributed by atoms with Gasteiger partial charge in [-0.15, -0.1) is 11.3 Å². The summed E-state index contributed by atoms with van der Waals surface area (Å²) in [6.07, 6.45) is 3.52. The van der Waals surface area contributed by atoms with E-state index >= 15 is 0 Å². The molecule has 0 unspecified atom stereocenters. The second-order valence-electron chi connectivity index (χ2n) is 5.80. The smallest absolute Gasteiger partial charge is 0.269 e. The van der Waals surface area contributed by atoms with Gasteiger partial charge in [0.05, 0.1) is 24.1 Å². The normalized spacial score (nSPS) is 10.9. The van der Waals surface area contributed by atoms with Gasteiger partial charge in [0.2, 0.25) is 0 Å². The van der Waals surface area contributed by atoms with E-state index in [2.05, 4.69) is 20.2 Å². The molecular formula is C18H21N5O2S. The van der Waals surface area contributed by atoms with Crippen molar-refractivity contribution in [2.45, 2.75) is 27.3 Å². The zero-order valence-electron chi connectivity index (χ0n) is 15.0. The van der Waals surface area contributed by atoms with Crippen molar-refractivity contribution in [3.63, 3.8) is 0 Å². The molecule has 0 aliphatic heterocycles. The van der Waals surface area contributed by atoms with Crippen LogP contribution in [-0.2, 0) is 6.54 Å². The predicted molar refractivity (Wildman–Crippen MR) is 103 cm³/mol. The number of pyridine rings is 1. The highest BCUT2D eigenvalue weighted by Gasteiger charge is 2.19. The van der Waals surface area contributed by atoms with Crippen LogP contribution in [0.4, 0.5) is 5.69 Å². The summed E-state index contributed by atoms with van der Waals surface area (Å²) in [6, 6.07) is 5.36. The maximum Gasteiger partial charge on any atom is 0.269 e. The van der Waals surface area contributed by atoms with Crippen LogP contribution in [0.1, 0.15) is 34.9 Å². The molecule has 0 aliphatic carbocycles. The number of aromatic nitrogens is 3. The molecule has 3 aromatic rings. The van der Waals surface area contributed by atoms with Crippen molar-refractivity contribution in [3.8, 4) is 0 Å². The molecule has 3 heterocycles. The Balaban J connectivity index is 1.99. The molecule has 0 spiro atoms. The Morgan fingerprint density at radius 1 is 1.38 bits per heavy atom. The molecule has 0 bridgehead atoms. The molecule has 8 heteroatoms. The van der Waals surface area contributed by atoms with Gasteiger partial charge in [0.15, 0.2) is 4.96 Å². The summed E-state index contributed by atoms with van der Waals surface area (Å²) >= 11 is 1.35. The first-order valence-corrected chi connectivity index (χ1v) is 9.32. The zero-order chi connectivity index (χ0) is 18.7. The third-order valence-corrected chi connectivity index (χ3v) is 5.00. The molecule has 1 N–H and O–H groups in total. The maximum atomic E-state index is 12.7. The van der Waals surface area contributed by atoms with E-state index in [1.807, 2.05) is 32.9 Å². The van der Waals surface area contributed by atoms with Crippen molar-refractivity contribution in [1.29, 1.82) is 0 Å². The first-order valence-electron chi connectivity index (χ1n) is 8.50. The Kier molecular flexibility index (Phi) is 5.32. The van der Waals surface area contributed by atoms with Crippen LogP contribution in [0, 0.1) is 6.92 Å². The number of rotatable bonds is 6. The number of hydrogen-bond acceptors (Lipinski definition) is 6. The average Bonchev–Trinajstić information content (AvgIpc) is 2.97. The summed E-state index contributed by atoms with van der Waals surface area (Å²) in [5.41, 5.74) is 1.78. The second-order valence-corrected chi connectivity index (χ2v) is 6.98. The van der Waals surface area contributed by atoms with E-state index in [9.17, 15) is 9.59 Å². The third-order valence-electron chi connectivity index (χ3n) is 4.04. The van der Waals surface area contributed by atoms with Crippen LogP contribution in [0.5, 0.6) is 0 Å².